The van der Waals surface area contributed by atoms with Crippen LogP contribution >= 0.6 is 15.9 Å². The third-order valence-corrected chi connectivity index (χ3v) is 2.10. The van der Waals surface area contributed by atoms with Crippen LogP contribution in [-0.2, 0) is 0 Å². The molecule has 1 atom stereocenters. The summed E-state index contributed by atoms with van der Waals surface area (Å²) in [7, 11) is 0. The van der Waals surface area contributed by atoms with Gasteiger partial charge < -0.3 is 0 Å². The van der Waals surface area contributed by atoms with Gasteiger partial charge in [-0.2, -0.15) is 0 Å². The zero-order chi connectivity index (χ0) is 6.91. The summed E-state index contributed by atoms with van der Waals surface area (Å²) in [5, 5.41) is 0. The highest BCUT2D eigenvalue weighted by Gasteiger charge is 2.16. The minimum absolute atomic E-state index is 0.215. The van der Waals surface area contributed by atoms with Crippen LogP contribution in [-0.4, -0.2) is 4.32 Å². The molecule has 1 aliphatic rings. The summed E-state index contributed by atoms with van der Waals surface area (Å²) >= 11 is 3.59. The van der Waals surface area contributed by atoms with Crippen LogP contribution in [0.4, 0.5) is 0 Å². The van der Waals surface area contributed by atoms with Crippen LogP contribution in [0.15, 0.2) is 23.8 Å². The molecule has 1 aliphatic carbocycles. The highest BCUT2D eigenvalue weighted by molar-refractivity contribution is 9.10. The molecule has 1 heteroatoms. The lowest BCUT2D eigenvalue weighted by Gasteiger charge is -2.19. The molecule has 0 spiro atoms. The highest BCUT2D eigenvalue weighted by atomic mass is 79.9. The fraction of sp³-hybridized carbons (Fsp3) is 0.500. The van der Waals surface area contributed by atoms with Gasteiger partial charge in [0.2, 0.25) is 0 Å². The lowest BCUT2D eigenvalue weighted by atomic mass is 9.99. The summed E-state index contributed by atoms with van der Waals surface area (Å²) in [6, 6.07) is 0. The van der Waals surface area contributed by atoms with Crippen molar-refractivity contribution in [2.45, 2.75) is 24.6 Å². The minimum Gasteiger partial charge on any atom is -0.0807 e. The van der Waals surface area contributed by atoms with E-state index in [-0.39, 0.29) is 4.32 Å². The molecule has 0 heterocycles. The summed E-state index contributed by atoms with van der Waals surface area (Å²) in [5.41, 5.74) is 1.37. The van der Waals surface area contributed by atoms with Crippen molar-refractivity contribution in [3.63, 3.8) is 0 Å². The van der Waals surface area contributed by atoms with Gasteiger partial charge in [0.15, 0.2) is 0 Å². The molecule has 1 rings (SSSR count). The summed E-state index contributed by atoms with van der Waals surface area (Å²) in [6.07, 6.45) is 7.70. The zero-order valence-corrected chi connectivity index (χ0v) is 7.40. The molecule has 0 saturated heterocycles. The lowest BCUT2D eigenvalue weighted by molar-refractivity contribution is 0.808. The first-order valence-electron chi connectivity index (χ1n) is 3.15. The minimum atomic E-state index is 0.215. The normalized spacial score (nSPS) is 34.3. The van der Waals surface area contributed by atoms with Crippen LogP contribution in [0.25, 0.3) is 0 Å². The second-order valence-corrected chi connectivity index (χ2v) is 4.58. The number of hydrogen-bond donors (Lipinski definition) is 0. The van der Waals surface area contributed by atoms with Crippen molar-refractivity contribution in [2.75, 3.05) is 0 Å². The Morgan fingerprint density at radius 3 is 2.67 bits per heavy atom. The Hall–Kier alpha value is -0.0400. The van der Waals surface area contributed by atoms with E-state index in [1.54, 1.807) is 0 Å². The number of allylic oxidation sites excluding steroid dienone is 4. The van der Waals surface area contributed by atoms with Crippen molar-refractivity contribution in [3.8, 4) is 0 Å². The summed E-state index contributed by atoms with van der Waals surface area (Å²) in [4.78, 5) is 0. The molecule has 50 valence electrons. The second kappa shape index (κ2) is 2.30. The summed E-state index contributed by atoms with van der Waals surface area (Å²) in [6.45, 7) is 4.30. The maximum Gasteiger partial charge on any atom is 0.0446 e. The average Bonchev–Trinajstić information content (AvgIpc) is 1.78. The molecular weight excluding hydrogens is 176 g/mol. The van der Waals surface area contributed by atoms with Gasteiger partial charge in [-0.1, -0.05) is 39.7 Å². The number of halogens is 1. The molecule has 0 aromatic carbocycles. The van der Waals surface area contributed by atoms with Crippen molar-refractivity contribution in [1.82, 2.24) is 0 Å². The first-order valence-corrected chi connectivity index (χ1v) is 3.94. The Labute approximate surface area is 64.8 Å². The molecule has 0 bridgehead atoms. The fourth-order valence-corrected chi connectivity index (χ4v) is 1.10. The van der Waals surface area contributed by atoms with Gasteiger partial charge in [-0.3, -0.25) is 0 Å². The molecule has 0 aliphatic heterocycles. The SMILES string of the molecule is CC1=CCC(C)(Br)C=C1. The first kappa shape index (κ1) is 7.07. The molecule has 0 aromatic heterocycles. The van der Waals surface area contributed by atoms with Gasteiger partial charge in [0.25, 0.3) is 0 Å². The Kier molecular flexibility index (Phi) is 1.80. The highest BCUT2D eigenvalue weighted by Crippen LogP contribution is 2.28. The topological polar surface area (TPSA) is 0 Å². The number of alkyl halides is 1. The molecule has 0 N–H and O–H groups in total. The van der Waals surface area contributed by atoms with E-state index >= 15 is 0 Å². The van der Waals surface area contributed by atoms with E-state index in [2.05, 4.69) is 48.0 Å². The standard InChI is InChI=1S/C8H11Br/c1-7-3-5-8(2,9)6-4-7/h3-5H,6H2,1-2H3. The van der Waals surface area contributed by atoms with Crippen LogP contribution in [0, 0.1) is 0 Å². The summed E-state index contributed by atoms with van der Waals surface area (Å²) < 4.78 is 0.215. The van der Waals surface area contributed by atoms with E-state index in [0.29, 0.717) is 0 Å². The second-order valence-electron chi connectivity index (χ2n) is 2.76. The molecule has 0 radical (unpaired) electrons. The third-order valence-electron chi connectivity index (χ3n) is 1.52. The lowest BCUT2D eigenvalue weighted by Crippen LogP contribution is -2.12. The first-order chi connectivity index (χ1) is 4.10. The van der Waals surface area contributed by atoms with E-state index in [4.69, 9.17) is 0 Å². The van der Waals surface area contributed by atoms with Crippen LogP contribution in [0.5, 0.6) is 0 Å². The van der Waals surface area contributed by atoms with E-state index in [0.717, 1.165) is 6.42 Å². The molecule has 0 aromatic rings. The molecule has 1 unspecified atom stereocenters. The number of rotatable bonds is 0. The summed E-state index contributed by atoms with van der Waals surface area (Å²) in [5.74, 6) is 0. The van der Waals surface area contributed by atoms with E-state index in [9.17, 15) is 0 Å². The van der Waals surface area contributed by atoms with Gasteiger partial charge in [-0.15, -0.1) is 0 Å². The molecule has 0 nitrogen and oxygen atoms in total. The number of hydrogen-bond acceptors (Lipinski definition) is 0. The zero-order valence-electron chi connectivity index (χ0n) is 5.82. The van der Waals surface area contributed by atoms with Gasteiger partial charge >= 0.3 is 0 Å². The van der Waals surface area contributed by atoms with Gasteiger partial charge in [-0.05, 0) is 20.3 Å². The average molecular weight is 187 g/mol. The maximum absolute atomic E-state index is 3.59. The fourth-order valence-electron chi connectivity index (χ4n) is 0.802. The monoisotopic (exact) mass is 186 g/mol. The quantitative estimate of drug-likeness (QED) is 0.511. The maximum atomic E-state index is 3.59. The van der Waals surface area contributed by atoms with Crippen LogP contribution in [0.1, 0.15) is 20.3 Å². The van der Waals surface area contributed by atoms with E-state index < -0.39 is 0 Å². The van der Waals surface area contributed by atoms with Gasteiger partial charge in [-0.25, -0.2) is 0 Å². The van der Waals surface area contributed by atoms with Crippen molar-refractivity contribution >= 4 is 15.9 Å². The van der Waals surface area contributed by atoms with Crippen molar-refractivity contribution in [3.05, 3.63) is 23.8 Å². The predicted molar refractivity (Wildman–Crippen MR) is 44.8 cm³/mol. The van der Waals surface area contributed by atoms with E-state index in [1.807, 2.05) is 0 Å². The molecule has 0 fully saturated rings. The van der Waals surface area contributed by atoms with Crippen LogP contribution < -0.4 is 0 Å². The Bertz CT molecular complexity index is 163. The van der Waals surface area contributed by atoms with Gasteiger partial charge in [0.1, 0.15) is 0 Å². The van der Waals surface area contributed by atoms with Crippen molar-refractivity contribution in [2.24, 2.45) is 0 Å². The molecule has 9 heavy (non-hydrogen) atoms. The molecule has 0 amide bonds. The predicted octanol–water partition coefficient (Wildman–Crippen LogP) is 3.05. The van der Waals surface area contributed by atoms with Gasteiger partial charge in [0, 0.05) is 4.32 Å². The molecule has 0 saturated carbocycles. The Morgan fingerprint density at radius 1 is 1.67 bits per heavy atom. The Balaban J connectivity index is 2.70. The third kappa shape index (κ3) is 1.98. The van der Waals surface area contributed by atoms with Crippen LogP contribution in [0.2, 0.25) is 0 Å². The van der Waals surface area contributed by atoms with Gasteiger partial charge in [0.05, 0.1) is 0 Å². The van der Waals surface area contributed by atoms with E-state index in [1.165, 1.54) is 5.57 Å². The van der Waals surface area contributed by atoms with Crippen molar-refractivity contribution < 1.29 is 0 Å². The largest absolute Gasteiger partial charge is 0.0807 e. The van der Waals surface area contributed by atoms with Crippen LogP contribution in [0.3, 0.4) is 0 Å². The Morgan fingerprint density at radius 2 is 2.33 bits per heavy atom. The smallest absolute Gasteiger partial charge is 0.0446 e. The molecular formula is C8H11Br. The van der Waals surface area contributed by atoms with Crippen molar-refractivity contribution in [1.29, 1.82) is 0 Å².